The summed E-state index contributed by atoms with van der Waals surface area (Å²) in [4.78, 5) is 12.0. The number of benzene rings is 2. The van der Waals surface area contributed by atoms with Gasteiger partial charge in [-0.05, 0) is 36.8 Å². The molecule has 1 aliphatic rings. The SMILES string of the molecule is CC(N)c1ccc(OCC(=O)Nc2ccc3c(c2)OCCO3)cc1. The molecule has 1 heterocycles. The van der Waals surface area contributed by atoms with Gasteiger partial charge >= 0.3 is 0 Å². The number of nitrogens with one attached hydrogen (secondary N) is 1. The van der Waals surface area contributed by atoms with Crippen molar-refractivity contribution in [3.63, 3.8) is 0 Å². The van der Waals surface area contributed by atoms with E-state index in [1.165, 1.54) is 0 Å². The Morgan fingerprint density at radius 3 is 2.58 bits per heavy atom. The van der Waals surface area contributed by atoms with Crippen LogP contribution in [-0.2, 0) is 4.79 Å². The summed E-state index contributed by atoms with van der Waals surface area (Å²) in [5, 5.41) is 2.77. The molecule has 2 aromatic rings. The Labute approximate surface area is 140 Å². The van der Waals surface area contributed by atoms with Crippen LogP contribution in [0.5, 0.6) is 17.2 Å². The molecule has 0 bridgehead atoms. The second-order valence-corrected chi connectivity index (χ2v) is 5.55. The van der Waals surface area contributed by atoms with E-state index >= 15 is 0 Å². The molecular weight excluding hydrogens is 308 g/mol. The lowest BCUT2D eigenvalue weighted by molar-refractivity contribution is -0.118. The summed E-state index contributed by atoms with van der Waals surface area (Å²) >= 11 is 0. The summed E-state index contributed by atoms with van der Waals surface area (Å²) in [6.07, 6.45) is 0. The monoisotopic (exact) mass is 328 g/mol. The quantitative estimate of drug-likeness (QED) is 0.881. The number of hydrogen-bond acceptors (Lipinski definition) is 5. The predicted molar refractivity (Wildman–Crippen MR) is 90.6 cm³/mol. The van der Waals surface area contributed by atoms with Crippen molar-refractivity contribution in [2.24, 2.45) is 5.73 Å². The van der Waals surface area contributed by atoms with Crippen LogP contribution in [0.15, 0.2) is 42.5 Å². The molecule has 24 heavy (non-hydrogen) atoms. The molecule has 1 amide bonds. The van der Waals surface area contributed by atoms with Crippen molar-refractivity contribution in [2.75, 3.05) is 25.1 Å². The number of ether oxygens (including phenoxy) is 3. The number of nitrogens with two attached hydrogens (primary N) is 1. The van der Waals surface area contributed by atoms with Crippen LogP contribution in [0.1, 0.15) is 18.5 Å². The van der Waals surface area contributed by atoms with Crippen molar-refractivity contribution in [1.82, 2.24) is 0 Å². The number of anilines is 1. The first kappa shape index (κ1) is 16.1. The van der Waals surface area contributed by atoms with Crippen molar-refractivity contribution in [3.8, 4) is 17.2 Å². The molecule has 2 aromatic carbocycles. The van der Waals surface area contributed by atoms with Crippen LogP contribution in [0.4, 0.5) is 5.69 Å². The second kappa shape index (κ2) is 7.23. The second-order valence-electron chi connectivity index (χ2n) is 5.55. The van der Waals surface area contributed by atoms with Crippen molar-refractivity contribution in [3.05, 3.63) is 48.0 Å². The van der Waals surface area contributed by atoms with Gasteiger partial charge in [0.1, 0.15) is 19.0 Å². The fourth-order valence-corrected chi connectivity index (χ4v) is 2.33. The average Bonchev–Trinajstić information content (AvgIpc) is 2.60. The Hall–Kier alpha value is -2.73. The molecule has 0 spiro atoms. The number of hydrogen-bond donors (Lipinski definition) is 2. The third-order valence-corrected chi connectivity index (χ3v) is 3.60. The van der Waals surface area contributed by atoms with Crippen LogP contribution in [0.2, 0.25) is 0 Å². The minimum absolute atomic E-state index is 0.0300. The highest BCUT2D eigenvalue weighted by Crippen LogP contribution is 2.32. The van der Waals surface area contributed by atoms with Crippen molar-refractivity contribution in [2.45, 2.75) is 13.0 Å². The topological polar surface area (TPSA) is 82.8 Å². The van der Waals surface area contributed by atoms with Gasteiger partial charge in [0.05, 0.1) is 0 Å². The van der Waals surface area contributed by atoms with Crippen LogP contribution in [0.3, 0.4) is 0 Å². The first-order chi connectivity index (χ1) is 11.6. The molecular formula is C18H20N2O4. The van der Waals surface area contributed by atoms with Gasteiger partial charge in [0.2, 0.25) is 0 Å². The zero-order valence-electron chi connectivity index (χ0n) is 13.5. The van der Waals surface area contributed by atoms with E-state index in [1.807, 2.05) is 19.1 Å². The zero-order valence-corrected chi connectivity index (χ0v) is 13.5. The molecule has 0 fully saturated rings. The molecule has 0 aliphatic carbocycles. The lowest BCUT2D eigenvalue weighted by Gasteiger charge is -2.19. The van der Waals surface area contributed by atoms with Crippen LogP contribution in [-0.4, -0.2) is 25.7 Å². The van der Waals surface area contributed by atoms with Gasteiger partial charge in [-0.1, -0.05) is 12.1 Å². The summed E-state index contributed by atoms with van der Waals surface area (Å²) in [5.74, 6) is 1.69. The fourth-order valence-electron chi connectivity index (χ4n) is 2.33. The number of carbonyl (C=O) groups is 1. The number of carbonyl (C=O) groups excluding carboxylic acids is 1. The molecule has 1 atom stereocenters. The largest absolute Gasteiger partial charge is 0.486 e. The Morgan fingerprint density at radius 1 is 1.17 bits per heavy atom. The summed E-state index contributed by atoms with van der Waals surface area (Å²) < 4.78 is 16.4. The van der Waals surface area contributed by atoms with Gasteiger partial charge in [-0.25, -0.2) is 0 Å². The molecule has 1 aliphatic heterocycles. The zero-order chi connectivity index (χ0) is 16.9. The van der Waals surface area contributed by atoms with E-state index in [-0.39, 0.29) is 18.6 Å². The summed E-state index contributed by atoms with van der Waals surface area (Å²) in [6, 6.07) is 12.6. The van der Waals surface area contributed by atoms with Crippen LogP contribution in [0.25, 0.3) is 0 Å². The molecule has 0 aromatic heterocycles. The molecule has 3 N–H and O–H groups in total. The van der Waals surface area contributed by atoms with Gasteiger partial charge in [-0.3, -0.25) is 4.79 Å². The highest BCUT2D eigenvalue weighted by atomic mass is 16.6. The van der Waals surface area contributed by atoms with E-state index in [2.05, 4.69) is 5.32 Å². The minimum atomic E-state index is -0.247. The number of rotatable bonds is 5. The molecule has 0 saturated heterocycles. The maximum atomic E-state index is 12.0. The van der Waals surface area contributed by atoms with Crippen LogP contribution in [0, 0.1) is 0 Å². The Bertz CT molecular complexity index is 713. The van der Waals surface area contributed by atoms with E-state index in [4.69, 9.17) is 19.9 Å². The van der Waals surface area contributed by atoms with Crippen molar-refractivity contribution in [1.29, 1.82) is 0 Å². The van der Waals surface area contributed by atoms with Crippen molar-refractivity contribution >= 4 is 11.6 Å². The number of amides is 1. The van der Waals surface area contributed by atoms with Gasteiger partial charge in [0.25, 0.3) is 5.91 Å². The molecule has 0 saturated carbocycles. The lowest BCUT2D eigenvalue weighted by atomic mass is 10.1. The van der Waals surface area contributed by atoms with Crippen LogP contribution >= 0.6 is 0 Å². The maximum absolute atomic E-state index is 12.0. The first-order valence-corrected chi connectivity index (χ1v) is 7.79. The molecule has 6 nitrogen and oxygen atoms in total. The minimum Gasteiger partial charge on any atom is -0.486 e. The summed E-state index contributed by atoms with van der Waals surface area (Å²) in [5.41, 5.74) is 7.45. The molecule has 126 valence electrons. The van der Waals surface area contributed by atoms with E-state index in [9.17, 15) is 4.79 Å². The van der Waals surface area contributed by atoms with Crippen molar-refractivity contribution < 1.29 is 19.0 Å². The van der Waals surface area contributed by atoms with Gasteiger partial charge in [-0.15, -0.1) is 0 Å². The Morgan fingerprint density at radius 2 is 1.88 bits per heavy atom. The molecule has 1 unspecified atom stereocenters. The maximum Gasteiger partial charge on any atom is 0.262 e. The normalized spacial score (nSPS) is 13.9. The number of fused-ring (bicyclic) bond motifs is 1. The molecule has 3 rings (SSSR count). The van der Waals surface area contributed by atoms with E-state index in [0.29, 0.717) is 36.1 Å². The molecule has 6 heteroatoms. The average molecular weight is 328 g/mol. The fraction of sp³-hybridized carbons (Fsp3) is 0.278. The van der Waals surface area contributed by atoms with E-state index in [0.717, 1.165) is 5.56 Å². The highest BCUT2D eigenvalue weighted by molar-refractivity contribution is 5.92. The Balaban J connectivity index is 1.54. The highest BCUT2D eigenvalue weighted by Gasteiger charge is 2.13. The van der Waals surface area contributed by atoms with Gasteiger partial charge < -0.3 is 25.3 Å². The van der Waals surface area contributed by atoms with E-state index in [1.54, 1.807) is 30.3 Å². The van der Waals surface area contributed by atoms with Gasteiger partial charge in [0, 0.05) is 17.8 Å². The van der Waals surface area contributed by atoms with E-state index < -0.39 is 0 Å². The first-order valence-electron chi connectivity index (χ1n) is 7.79. The third-order valence-electron chi connectivity index (χ3n) is 3.60. The lowest BCUT2D eigenvalue weighted by Crippen LogP contribution is -2.20. The van der Waals surface area contributed by atoms with Gasteiger partial charge in [0.15, 0.2) is 18.1 Å². The Kier molecular flexibility index (Phi) is 4.86. The van der Waals surface area contributed by atoms with Gasteiger partial charge in [-0.2, -0.15) is 0 Å². The third kappa shape index (κ3) is 3.97. The molecule has 0 radical (unpaired) electrons. The summed E-state index contributed by atoms with van der Waals surface area (Å²) in [7, 11) is 0. The summed E-state index contributed by atoms with van der Waals surface area (Å²) in [6.45, 7) is 2.88. The predicted octanol–water partition coefficient (Wildman–Crippen LogP) is 2.50. The smallest absolute Gasteiger partial charge is 0.262 e. The standard InChI is InChI=1S/C18H20N2O4/c1-12(19)13-2-5-15(6-3-13)24-11-18(21)20-14-4-7-16-17(10-14)23-9-8-22-16/h2-7,10,12H,8-9,11,19H2,1H3,(H,20,21). The van der Waals surface area contributed by atoms with Crippen LogP contribution < -0.4 is 25.3 Å².